The van der Waals surface area contributed by atoms with Crippen LogP contribution < -0.4 is 0 Å². The Labute approximate surface area is 139 Å². The molecule has 1 aliphatic rings. The van der Waals surface area contributed by atoms with E-state index in [2.05, 4.69) is 36.2 Å². The van der Waals surface area contributed by atoms with Crippen LogP contribution in [0.25, 0.3) is 0 Å². The number of amides is 1. The molecule has 0 aliphatic heterocycles. The molecule has 4 nitrogen and oxygen atoms in total. The molecule has 0 spiro atoms. The summed E-state index contributed by atoms with van der Waals surface area (Å²) in [6, 6.07) is 9.15. The monoisotopic (exact) mass is 316 g/mol. The maximum atomic E-state index is 10.7. The maximum absolute atomic E-state index is 10.7. The van der Waals surface area contributed by atoms with Gasteiger partial charge in [-0.3, -0.25) is 4.79 Å². The molecule has 4 heteroatoms. The van der Waals surface area contributed by atoms with Crippen molar-refractivity contribution in [2.45, 2.75) is 45.4 Å². The van der Waals surface area contributed by atoms with E-state index in [1.165, 1.54) is 36.8 Å². The largest absolute Gasteiger partial charge is 0.465 e. The third-order valence-electron chi connectivity index (χ3n) is 4.71. The highest BCUT2D eigenvalue weighted by Gasteiger charge is 2.25. The molecule has 1 aliphatic carbocycles. The van der Waals surface area contributed by atoms with E-state index in [4.69, 9.17) is 4.74 Å². The number of hydrogen-bond acceptors (Lipinski definition) is 2. The predicted molar refractivity (Wildman–Crippen MR) is 93.6 cm³/mol. The number of ether oxygens (including phenoxy) is 1. The van der Waals surface area contributed by atoms with Gasteiger partial charge in [-0.1, -0.05) is 30.7 Å². The number of nitrogens with zero attached hydrogens (tertiary/aromatic N) is 2. The molecule has 2 atom stereocenters. The van der Waals surface area contributed by atoms with Gasteiger partial charge in [-0.15, -0.1) is 0 Å². The van der Waals surface area contributed by atoms with Crippen LogP contribution in [-0.4, -0.2) is 37.5 Å². The van der Waals surface area contributed by atoms with Gasteiger partial charge >= 0.3 is 0 Å². The number of benzene rings is 1. The zero-order valence-electron chi connectivity index (χ0n) is 14.5. The first-order valence-electron chi connectivity index (χ1n) is 8.56. The van der Waals surface area contributed by atoms with Crippen LogP contribution >= 0.6 is 0 Å². The van der Waals surface area contributed by atoms with Gasteiger partial charge in [0.15, 0.2) is 0 Å². The van der Waals surface area contributed by atoms with Crippen LogP contribution in [-0.2, 0) is 9.53 Å². The number of aryl methyl sites for hydroxylation is 1. The quantitative estimate of drug-likeness (QED) is 0.472. The molecule has 0 heterocycles. The molecule has 126 valence electrons. The normalized spacial score (nSPS) is 21.8. The highest BCUT2D eigenvalue weighted by molar-refractivity contribution is 5.80. The van der Waals surface area contributed by atoms with Crippen molar-refractivity contribution in [1.29, 1.82) is 0 Å². The summed E-state index contributed by atoms with van der Waals surface area (Å²) in [6.45, 7) is 5.51. The lowest BCUT2D eigenvalue weighted by Crippen LogP contribution is -2.35. The third kappa shape index (κ3) is 4.81. The van der Waals surface area contributed by atoms with Gasteiger partial charge in [0.25, 0.3) is 6.02 Å². The average Bonchev–Trinajstić information content (AvgIpc) is 2.55. The fourth-order valence-corrected chi connectivity index (χ4v) is 3.67. The number of carbonyl (C=O) groups excluding carboxylic acids is 1. The number of rotatable bonds is 5. The van der Waals surface area contributed by atoms with E-state index in [1.807, 2.05) is 18.9 Å². The zero-order chi connectivity index (χ0) is 16.7. The Bertz CT molecular complexity index is 542. The van der Waals surface area contributed by atoms with Gasteiger partial charge in [-0.25, -0.2) is 0 Å². The minimum atomic E-state index is 0.431. The van der Waals surface area contributed by atoms with Crippen LogP contribution in [0.1, 0.15) is 49.7 Å². The van der Waals surface area contributed by atoms with Gasteiger partial charge in [0.2, 0.25) is 6.41 Å². The molecule has 0 aromatic heterocycles. The Kier molecular flexibility index (Phi) is 6.63. The van der Waals surface area contributed by atoms with Gasteiger partial charge in [0.05, 0.1) is 6.61 Å². The lowest BCUT2D eigenvalue weighted by molar-refractivity contribution is -0.106. The van der Waals surface area contributed by atoms with Crippen LogP contribution in [0.15, 0.2) is 29.3 Å². The maximum Gasteiger partial charge on any atom is 0.294 e. The summed E-state index contributed by atoms with van der Waals surface area (Å²) in [7, 11) is 1.95. The van der Waals surface area contributed by atoms with Crippen molar-refractivity contribution in [2.24, 2.45) is 10.9 Å². The zero-order valence-corrected chi connectivity index (χ0v) is 14.5. The highest BCUT2D eigenvalue weighted by atomic mass is 16.5. The van der Waals surface area contributed by atoms with Crippen LogP contribution in [0.3, 0.4) is 0 Å². The second kappa shape index (κ2) is 8.70. The number of hydrogen-bond donors (Lipinski definition) is 0. The molecule has 1 aromatic carbocycles. The first kappa shape index (κ1) is 17.5. The molecule has 23 heavy (non-hydrogen) atoms. The van der Waals surface area contributed by atoms with Crippen LogP contribution in [0, 0.1) is 12.8 Å². The second-order valence-corrected chi connectivity index (χ2v) is 6.42. The molecule has 2 unspecified atom stereocenters. The Balaban J connectivity index is 2.00. The molecule has 1 saturated carbocycles. The van der Waals surface area contributed by atoms with E-state index in [1.54, 1.807) is 0 Å². The van der Waals surface area contributed by atoms with E-state index < -0.39 is 0 Å². The first-order chi connectivity index (χ1) is 11.2. The van der Waals surface area contributed by atoms with Crippen molar-refractivity contribution in [3.63, 3.8) is 0 Å². The fourth-order valence-electron chi connectivity index (χ4n) is 3.67. The molecular formula is C19H28N2O2. The molecule has 2 rings (SSSR count). The molecular weight excluding hydrogens is 288 g/mol. The Hall–Kier alpha value is -1.84. The highest BCUT2D eigenvalue weighted by Crippen LogP contribution is 2.37. The molecule has 1 amide bonds. The molecule has 1 aromatic rings. The molecule has 0 bridgehead atoms. The van der Waals surface area contributed by atoms with Crippen molar-refractivity contribution in [2.75, 3.05) is 20.2 Å². The van der Waals surface area contributed by atoms with Gasteiger partial charge < -0.3 is 9.64 Å². The van der Waals surface area contributed by atoms with Crippen LogP contribution in [0.2, 0.25) is 0 Å². The third-order valence-corrected chi connectivity index (χ3v) is 4.71. The van der Waals surface area contributed by atoms with E-state index in [-0.39, 0.29) is 0 Å². The molecule has 0 saturated heterocycles. The SMILES string of the molecule is CCO/C(=N\C=O)N(C)CC1CCCC(c2ccccc2C)C1. The molecule has 0 N–H and O–H groups in total. The Morgan fingerprint density at radius 3 is 2.87 bits per heavy atom. The van der Waals surface area contributed by atoms with E-state index in [9.17, 15) is 4.79 Å². The van der Waals surface area contributed by atoms with Crippen molar-refractivity contribution in [3.8, 4) is 0 Å². The second-order valence-electron chi connectivity index (χ2n) is 6.42. The standard InChI is InChI=1S/C19H28N2O2/c1-4-23-19(20-14-22)21(3)13-16-9-7-10-17(12-16)18-11-6-5-8-15(18)2/h5-6,8,11,14,16-17H,4,7,9-10,12-13H2,1-3H3/b20-19-. The van der Waals surface area contributed by atoms with Crippen molar-refractivity contribution in [3.05, 3.63) is 35.4 Å². The lowest BCUT2D eigenvalue weighted by atomic mass is 9.77. The lowest BCUT2D eigenvalue weighted by Gasteiger charge is -2.33. The molecule has 0 radical (unpaired) electrons. The number of aliphatic imine (C=N–C) groups is 1. The van der Waals surface area contributed by atoms with Gasteiger partial charge in [-0.05, 0) is 56.1 Å². The van der Waals surface area contributed by atoms with Gasteiger partial charge in [0.1, 0.15) is 0 Å². The van der Waals surface area contributed by atoms with Crippen molar-refractivity contribution < 1.29 is 9.53 Å². The van der Waals surface area contributed by atoms with E-state index >= 15 is 0 Å². The Morgan fingerprint density at radius 2 is 2.17 bits per heavy atom. The van der Waals surface area contributed by atoms with Gasteiger partial charge in [0, 0.05) is 13.6 Å². The number of carbonyl (C=O) groups is 1. The average molecular weight is 316 g/mol. The van der Waals surface area contributed by atoms with Gasteiger partial charge in [-0.2, -0.15) is 4.99 Å². The summed E-state index contributed by atoms with van der Waals surface area (Å²) in [5.74, 6) is 1.25. The Morgan fingerprint density at radius 1 is 1.39 bits per heavy atom. The van der Waals surface area contributed by atoms with E-state index in [0.717, 1.165) is 6.54 Å². The van der Waals surface area contributed by atoms with Crippen molar-refractivity contribution >= 4 is 12.4 Å². The minimum Gasteiger partial charge on any atom is -0.465 e. The summed E-state index contributed by atoms with van der Waals surface area (Å²) in [5, 5.41) is 0. The first-order valence-corrected chi connectivity index (χ1v) is 8.56. The minimum absolute atomic E-state index is 0.431. The fraction of sp³-hybridized carbons (Fsp3) is 0.579. The summed E-state index contributed by atoms with van der Waals surface area (Å²) in [5.41, 5.74) is 2.88. The van der Waals surface area contributed by atoms with E-state index in [0.29, 0.717) is 30.9 Å². The summed E-state index contributed by atoms with van der Waals surface area (Å²) in [6.07, 6.45) is 5.50. The summed E-state index contributed by atoms with van der Waals surface area (Å²) in [4.78, 5) is 16.5. The van der Waals surface area contributed by atoms with Crippen LogP contribution in [0.5, 0.6) is 0 Å². The smallest absolute Gasteiger partial charge is 0.294 e. The van der Waals surface area contributed by atoms with Crippen LogP contribution in [0.4, 0.5) is 0 Å². The number of amidine groups is 1. The predicted octanol–water partition coefficient (Wildman–Crippen LogP) is 3.75. The van der Waals surface area contributed by atoms with Crippen molar-refractivity contribution in [1.82, 2.24) is 4.90 Å². The molecule has 1 fully saturated rings. The summed E-state index contributed by atoms with van der Waals surface area (Å²) >= 11 is 0. The topological polar surface area (TPSA) is 41.9 Å². The summed E-state index contributed by atoms with van der Waals surface area (Å²) < 4.78 is 5.46.